The molecule has 0 radical (unpaired) electrons. The average Bonchev–Trinajstić information content (AvgIpc) is 2.45. The van der Waals surface area contributed by atoms with Gasteiger partial charge in [0.25, 0.3) is 0 Å². The van der Waals surface area contributed by atoms with Crippen LogP contribution in [0.2, 0.25) is 0 Å². The highest BCUT2D eigenvalue weighted by molar-refractivity contribution is 9.10. The predicted octanol–water partition coefficient (Wildman–Crippen LogP) is 4.80. The Morgan fingerprint density at radius 1 is 1.32 bits per heavy atom. The third-order valence-corrected chi connectivity index (χ3v) is 5.72. The summed E-state index contributed by atoms with van der Waals surface area (Å²) in [5.74, 6) is 0. The van der Waals surface area contributed by atoms with Gasteiger partial charge in [-0.15, -0.1) is 0 Å². The monoisotopic (exact) mass is 338 g/mol. The van der Waals surface area contributed by atoms with Crippen molar-refractivity contribution < 1.29 is 0 Å². The lowest BCUT2D eigenvalue weighted by atomic mass is 9.88. The molecule has 0 saturated heterocycles. The number of nitriles is 1. The van der Waals surface area contributed by atoms with Gasteiger partial charge in [0.15, 0.2) is 0 Å². The first-order valence-electron chi connectivity index (χ1n) is 6.67. The summed E-state index contributed by atoms with van der Waals surface area (Å²) in [6.07, 6.45) is 8.85. The molecule has 0 aromatic heterocycles. The minimum atomic E-state index is 0.368. The highest BCUT2D eigenvalue weighted by Gasteiger charge is 2.30. The third-order valence-electron chi connectivity index (χ3n) is 3.84. The van der Waals surface area contributed by atoms with Crippen molar-refractivity contribution in [1.29, 1.82) is 5.26 Å². The van der Waals surface area contributed by atoms with Gasteiger partial charge in [0.2, 0.25) is 0 Å². The van der Waals surface area contributed by atoms with Crippen LogP contribution in [0.4, 0.5) is 5.69 Å². The molecule has 0 atom stereocenters. The molecule has 1 aromatic carbocycles. The Hall–Kier alpha value is -0.660. The van der Waals surface area contributed by atoms with Crippen molar-refractivity contribution in [2.75, 3.05) is 18.1 Å². The van der Waals surface area contributed by atoms with Crippen LogP contribution in [-0.4, -0.2) is 17.5 Å². The number of nitrogens with zero attached hydrogens (tertiary/aromatic N) is 1. The van der Waals surface area contributed by atoms with Gasteiger partial charge in [0.1, 0.15) is 0 Å². The number of thioether (sulfide) groups is 1. The first kappa shape index (κ1) is 14.7. The highest BCUT2D eigenvalue weighted by atomic mass is 79.9. The molecule has 1 aliphatic carbocycles. The zero-order valence-electron chi connectivity index (χ0n) is 11.2. The molecule has 2 rings (SSSR count). The molecule has 0 bridgehead atoms. The minimum absolute atomic E-state index is 0.368. The molecule has 0 heterocycles. The summed E-state index contributed by atoms with van der Waals surface area (Å²) in [5.41, 5.74) is 1.73. The van der Waals surface area contributed by atoms with Gasteiger partial charge in [-0.2, -0.15) is 17.0 Å². The number of hydrogen-bond acceptors (Lipinski definition) is 3. The van der Waals surface area contributed by atoms with E-state index >= 15 is 0 Å². The lowest BCUT2D eigenvalue weighted by Crippen LogP contribution is -2.35. The van der Waals surface area contributed by atoms with Crippen LogP contribution in [0, 0.1) is 11.3 Å². The van der Waals surface area contributed by atoms with Gasteiger partial charge in [0, 0.05) is 21.5 Å². The maximum absolute atomic E-state index is 9.00. The van der Waals surface area contributed by atoms with E-state index in [0.717, 1.165) is 16.7 Å². The van der Waals surface area contributed by atoms with Gasteiger partial charge in [0.05, 0.1) is 11.6 Å². The molecule has 4 heteroatoms. The molecule has 1 aliphatic rings. The zero-order chi connectivity index (χ0) is 13.7. The van der Waals surface area contributed by atoms with E-state index in [1.165, 1.54) is 32.1 Å². The summed E-state index contributed by atoms with van der Waals surface area (Å²) in [6.45, 7) is 0.982. The third kappa shape index (κ3) is 3.90. The van der Waals surface area contributed by atoms with Crippen molar-refractivity contribution in [2.45, 2.75) is 36.9 Å². The molecule has 19 heavy (non-hydrogen) atoms. The maximum atomic E-state index is 9.00. The number of anilines is 1. The van der Waals surface area contributed by atoms with E-state index in [2.05, 4.69) is 33.6 Å². The van der Waals surface area contributed by atoms with Crippen molar-refractivity contribution in [3.05, 3.63) is 28.2 Å². The van der Waals surface area contributed by atoms with Crippen LogP contribution in [0.1, 0.15) is 37.7 Å². The second-order valence-electron chi connectivity index (χ2n) is 5.14. The zero-order valence-corrected chi connectivity index (χ0v) is 13.6. The number of nitrogens with one attached hydrogen (secondary N) is 1. The van der Waals surface area contributed by atoms with E-state index in [4.69, 9.17) is 5.26 Å². The van der Waals surface area contributed by atoms with E-state index in [9.17, 15) is 0 Å². The molecular weight excluding hydrogens is 320 g/mol. The van der Waals surface area contributed by atoms with Crippen LogP contribution in [0.5, 0.6) is 0 Å². The molecule has 102 valence electrons. The quantitative estimate of drug-likeness (QED) is 0.856. The fourth-order valence-electron chi connectivity index (χ4n) is 2.67. The molecule has 1 saturated carbocycles. The van der Waals surface area contributed by atoms with Crippen molar-refractivity contribution in [3.63, 3.8) is 0 Å². The van der Waals surface area contributed by atoms with Gasteiger partial charge in [-0.05, 0) is 37.3 Å². The first-order valence-corrected chi connectivity index (χ1v) is 8.69. The second kappa shape index (κ2) is 6.67. The van der Waals surface area contributed by atoms with Gasteiger partial charge in [-0.3, -0.25) is 0 Å². The van der Waals surface area contributed by atoms with Crippen LogP contribution in [0.3, 0.4) is 0 Å². The Morgan fingerprint density at radius 2 is 2.05 bits per heavy atom. The van der Waals surface area contributed by atoms with E-state index < -0.39 is 0 Å². The van der Waals surface area contributed by atoms with Gasteiger partial charge >= 0.3 is 0 Å². The Labute approximate surface area is 128 Å². The highest BCUT2D eigenvalue weighted by Crippen LogP contribution is 2.38. The Bertz CT molecular complexity index is 476. The van der Waals surface area contributed by atoms with Gasteiger partial charge in [-0.25, -0.2) is 0 Å². The number of halogens is 1. The maximum Gasteiger partial charge on any atom is 0.0992 e. The lowest BCUT2D eigenvalue weighted by molar-refractivity contribution is 0.411. The first-order chi connectivity index (χ1) is 9.17. The number of rotatable bonds is 4. The van der Waals surface area contributed by atoms with Crippen molar-refractivity contribution in [1.82, 2.24) is 0 Å². The van der Waals surface area contributed by atoms with Crippen LogP contribution < -0.4 is 5.32 Å². The number of benzene rings is 1. The van der Waals surface area contributed by atoms with E-state index in [-0.39, 0.29) is 0 Å². The predicted molar refractivity (Wildman–Crippen MR) is 86.7 cm³/mol. The molecule has 0 spiro atoms. The van der Waals surface area contributed by atoms with Crippen LogP contribution in [-0.2, 0) is 0 Å². The van der Waals surface area contributed by atoms with Crippen molar-refractivity contribution in [3.8, 4) is 6.07 Å². The summed E-state index contributed by atoms with van der Waals surface area (Å²) in [5, 5.41) is 12.5. The normalized spacial score (nSPS) is 17.7. The Morgan fingerprint density at radius 3 is 2.68 bits per heavy atom. The molecule has 1 N–H and O–H groups in total. The molecular formula is C15H19BrN2S. The fourth-order valence-corrected chi connectivity index (χ4v) is 4.08. The average molecular weight is 339 g/mol. The molecule has 1 aromatic rings. The molecule has 0 amide bonds. The Kier molecular flexibility index (Phi) is 5.18. The van der Waals surface area contributed by atoms with Gasteiger partial charge in [-0.1, -0.05) is 35.2 Å². The molecule has 2 nitrogen and oxygen atoms in total. The smallest absolute Gasteiger partial charge is 0.0992 e. The standard InChI is InChI=1S/C15H19BrN2S/c1-19-15(5-3-2-4-6-15)11-18-14-8-12(10-17)7-13(16)9-14/h7-9,18H,2-6,11H2,1H3. The number of hydrogen-bond donors (Lipinski definition) is 1. The van der Waals surface area contributed by atoms with Crippen LogP contribution in [0.15, 0.2) is 22.7 Å². The Balaban J connectivity index is 2.05. The van der Waals surface area contributed by atoms with Crippen LogP contribution >= 0.6 is 27.7 Å². The van der Waals surface area contributed by atoms with E-state index in [0.29, 0.717) is 10.3 Å². The van der Waals surface area contributed by atoms with Crippen molar-refractivity contribution >= 4 is 33.4 Å². The largest absolute Gasteiger partial charge is 0.384 e. The summed E-state index contributed by atoms with van der Waals surface area (Å²) in [6, 6.07) is 8.00. The topological polar surface area (TPSA) is 35.8 Å². The fraction of sp³-hybridized carbons (Fsp3) is 0.533. The molecule has 0 unspecified atom stereocenters. The SMILES string of the molecule is CSC1(CNc2cc(Br)cc(C#N)c2)CCCCC1. The van der Waals surface area contributed by atoms with Crippen LogP contribution in [0.25, 0.3) is 0 Å². The van der Waals surface area contributed by atoms with E-state index in [1.54, 1.807) is 0 Å². The molecule has 0 aliphatic heterocycles. The van der Waals surface area contributed by atoms with Crippen molar-refractivity contribution in [2.24, 2.45) is 0 Å². The summed E-state index contributed by atoms with van der Waals surface area (Å²) in [4.78, 5) is 0. The van der Waals surface area contributed by atoms with Gasteiger partial charge < -0.3 is 5.32 Å². The lowest BCUT2D eigenvalue weighted by Gasteiger charge is -2.36. The summed E-state index contributed by atoms with van der Waals surface area (Å²) in [7, 11) is 0. The second-order valence-corrected chi connectivity index (χ2v) is 7.33. The summed E-state index contributed by atoms with van der Waals surface area (Å²) >= 11 is 5.44. The van der Waals surface area contributed by atoms with E-state index in [1.807, 2.05) is 30.0 Å². The minimum Gasteiger partial charge on any atom is -0.384 e. The molecule has 1 fully saturated rings. The summed E-state index contributed by atoms with van der Waals surface area (Å²) < 4.78 is 1.32.